The lowest BCUT2D eigenvalue weighted by Crippen LogP contribution is -2.33. The van der Waals surface area contributed by atoms with E-state index in [1.165, 1.54) is 32.1 Å². The molecule has 1 aliphatic carbocycles. The van der Waals surface area contributed by atoms with Crippen LogP contribution in [0, 0.1) is 0 Å². The molecule has 2 rings (SSSR count). The van der Waals surface area contributed by atoms with Gasteiger partial charge in [-0.25, -0.2) is 0 Å². The lowest BCUT2D eigenvalue weighted by atomic mass is 9.95. The molecule has 5 heteroatoms. The van der Waals surface area contributed by atoms with E-state index in [1.54, 1.807) is 25.3 Å². The van der Waals surface area contributed by atoms with Gasteiger partial charge < -0.3 is 15.4 Å². The maximum atomic E-state index is 12.0. The zero-order valence-corrected chi connectivity index (χ0v) is 13.2. The zero-order chi connectivity index (χ0) is 15.1. The molecule has 1 aliphatic rings. The molecule has 1 aromatic carbocycles. The highest BCUT2D eigenvalue weighted by Crippen LogP contribution is 2.27. The molecule has 116 valence electrons. The molecule has 0 heterocycles. The van der Waals surface area contributed by atoms with E-state index in [4.69, 9.17) is 16.3 Å². The van der Waals surface area contributed by atoms with E-state index in [2.05, 4.69) is 10.6 Å². The fraction of sp³-hybridized carbons (Fsp3) is 0.562. The summed E-state index contributed by atoms with van der Waals surface area (Å²) in [6.45, 7) is 0.708. The molecule has 1 aromatic rings. The number of hydrogen-bond donors (Lipinski definition) is 2. The highest BCUT2D eigenvalue weighted by molar-refractivity contribution is 6.31. The zero-order valence-electron chi connectivity index (χ0n) is 12.5. The molecular formula is C16H23ClN2O2. The molecule has 0 bridgehead atoms. The van der Waals surface area contributed by atoms with E-state index < -0.39 is 0 Å². The van der Waals surface area contributed by atoms with Gasteiger partial charge in [-0.15, -0.1) is 0 Å². The standard InChI is InChI=1S/C16H23ClN2O2/c1-21-15-8-7-12(17)11-14(15)19-16(20)9-10-18-13-5-3-2-4-6-13/h7-8,11,13,18H,2-6,9-10H2,1H3,(H,19,20). The van der Waals surface area contributed by atoms with Crippen LogP contribution in [0.3, 0.4) is 0 Å². The van der Waals surface area contributed by atoms with Gasteiger partial charge in [0.05, 0.1) is 12.8 Å². The van der Waals surface area contributed by atoms with Gasteiger partial charge in [0.2, 0.25) is 5.91 Å². The molecule has 21 heavy (non-hydrogen) atoms. The van der Waals surface area contributed by atoms with Crippen LogP contribution in [-0.4, -0.2) is 25.6 Å². The van der Waals surface area contributed by atoms with Crippen LogP contribution >= 0.6 is 11.6 Å². The number of nitrogens with one attached hydrogen (secondary N) is 2. The Bertz CT molecular complexity index is 473. The van der Waals surface area contributed by atoms with E-state index in [0.29, 0.717) is 35.5 Å². The fourth-order valence-corrected chi connectivity index (χ4v) is 2.86. The van der Waals surface area contributed by atoms with Crippen molar-refractivity contribution in [1.82, 2.24) is 5.32 Å². The van der Waals surface area contributed by atoms with Gasteiger partial charge in [0, 0.05) is 24.0 Å². The van der Waals surface area contributed by atoms with Crippen molar-refractivity contribution in [3.63, 3.8) is 0 Å². The Morgan fingerprint density at radius 1 is 1.33 bits per heavy atom. The monoisotopic (exact) mass is 310 g/mol. The minimum absolute atomic E-state index is 0.0288. The molecule has 0 saturated heterocycles. The quantitative estimate of drug-likeness (QED) is 0.844. The number of halogens is 1. The van der Waals surface area contributed by atoms with Crippen molar-refractivity contribution in [1.29, 1.82) is 0 Å². The second kappa shape index (κ2) is 8.25. The van der Waals surface area contributed by atoms with Gasteiger partial charge in [-0.2, -0.15) is 0 Å². The number of ether oxygens (including phenoxy) is 1. The minimum Gasteiger partial charge on any atom is -0.495 e. The van der Waals surface area contributed by atoms with E-state index >= 15 is 0 Å². The van der Waals surface area contributed by atoms with Crippen molar-refractivity contribution >= 4 is 23.2 Å². The third-order valence-electron chi connectivity index (χ3n) is 3.83. The first-order valence-corrected chi connectivity index (χ1v) is 7.93. The molecule has 0 spiro atoms. The fourth-order valence-electron chi connectivity index (χ4n) is 2.69. The molecule has 0 atom stereocenters. The topological polar surface area (TPSA) is 50.4 Å². The lowest BCUT2D eigenvalue weighted by molar-refractivity contribution is -0.116. The first-order valence-electron chi connectivity index (χ1n) is 7.56. The Labute approximate surface area is 131 Å². The minimum atomic E-state index is -0.0288. The van der Waals surface area contributed by atoms with Crippen LogP contribution < -0.4 is 15.4 Å². The van der Waals surface area contributed by atoms with Gasteiger partial charge in [-0.05, 0) is 31.0 Å². The van der Waals surface area contributed by atoms with Gasteiger partial charge in [0.25, 0.3) is 0 Å². The number of hydrogen-bond acceptors (Lipinski definition) is 3. The third kappa shape index (κ3) is 5.21. The SMILES string of the molecule is COc1ccc(Cl)cc1NC(=O)CCNC1CCCCC1. The summed E-state index contributed by atoms with van der Waals surface area (Å²) in [6.07, 6.45) is 6.83. The number of amides is 1. The van der Waals surface area contributed by atoms with Gasteiger partial charge in [0.15, 0.2) is 0 Å². The summed E-state index contributed by atoms with van der Waals surface area (Å²) in [5.41, 5.74) is 0.618. The molecule has 0 radical (unpaired) electrons. The number of anilines is 1. The van der Waals surface area contributed by atoms with Crippen molar-refractivity contribution in [3.8, 4) is 5.75 Å². The van der Waals surface area contributed by atoms with Gasteiger partial charge in [0.1, 0.15) is 5.75 Å². The lowest BCUT2D eigenvalue weighted by Gasteiger charge is -2.22. The average Bonchev–Trinajstić information content (AvgIpc) is 2.48. The average molecular weight is 311 g/mol. The summed E-state index contributed by atoms with van der Waals surface area (Å²) in [6, 6.07) is 5.76. The Hall–Kier alpha value is -1.26. The van der Waals surface area contributed by atoms with Crippen molar-refractivity contribution in [2.45, 2.75) is 44.6 Å². The smallest absolute Gasteiger partial charge is 0.225 e. The number of benzene rings is 1. The van der Waals surface area contributed by atoms with Crippen LogP contribution in [0.25, 0.3) is 0 Å². The van der Waals surface area contributed by atoms with Crippen LogP contribution in [0.1, 0.15) is 38.5 Å². The molecular weight excluding hydrogens is 288 g/mol. The number of carbonyl (C=O) groups is 1. The predicted octanol–water partition coefficient (Wildman–Crippen LogP) is 3.60. The molecule has 0 aromatic heterocycles. The molecule has 4 nitrogen and oxygen atoms in total. The first kappa shape index (κ1) is 16.1. The molecule has 2 N–H and O–H groups in total. The molecule has 1 amide bonds. The Kier molecular flexibility index (Phi) is 6.33. The van der Waals surface area contributed by atoms with Crippen molar-refractivity contribution in [3.05, 3.63) is 23.2 Å². The summed E-state index contributed by atoms with van der Waals surface area (Å²) in [5.74, 6) is 0.590. The Balaban J connectivity index is 1.77. The second-order valence-electron chi connectivity index (χ2n) is 5.43. The number of methoxy groups -OCH3 is 1. The predicted molar refractivity (Wildman–Crippen MR) is 86.1 cm³/mol. The van der Waals surface area contributed by atoms with Crippen molar-refractivity contribution < 1.29 is 9.53 Å². The van der Waals surface area contributed by atoms with Crippen molar-refractivity contribution in [2.75, 3.05) is 19.0 Å². The number of carbonyl (C=O) groups excluding carboxylic acids is 1. The summed E-state index contributed by atoms with van der Waals surface area (Å²) in [5, 5.41) is 6.89. The molecule has 1 saturated carbocycles. The van der Waals surface area contributed by atoms with Crippen LogP contribution in [0.5, 0.6) is 5.75 Å². The van der Waals surface area contributed by atoms with Crippen molar-refractivity contribution in [2.24, 2.45) is 0 Å². The largest absolute Gasteiger partial charge is 0.495 e. The van der Waals surface area contributed by atoms with E-state index in [9.17, 15) is 4.79 Å². The maximum absolute atomic E-state index is 12.0. The molecule has 0 unspecified atom stereocenters. The van der Waals surface area contributed by atoms with Gasteiger partial charge in [-0.1, -0.05) is 30.9 Å². The van der Waals surface area contributed by atoms with E-state index in [-0.39, 0.29) is 5.91 Å². The first-order chi connectivity index (χ1) is 10.2. The Morgan fingerprint density at radius 2 is 2.10 bits per heavy atom. The summed E-state index contributed by atoms with van der Waals surface area (Å²) in [4.78, 5) is 12.0. The van der Waals surface area contributed by atoms with E-state index in [1.807, 2.05) is 0 Å². The van der Waals surface area contributed by atoms with Crippen LogP contribution in [0.15, 0.2) is 18.2 Å². The summed E-state index contributed by atoms with van der Waals surface area (Å²) in [7, 11) is 1.57. The second-order valence-corrected chi connectivity index (χ2v) is 5.87. The van der Waals surface area contributed by atoms with Gasteiger partial charge >= 0.3 is 0 Å². The van der Waals surface area contributed by atoms with Crippen LogP contribution in [-0.2, 0) is 4.79 Å². The summed E-state index contributed by atoms with van der Waals surface area (Å²) < 4.78 is 5.21. The third-order valence-corrected chi connectivity index (χ3v) is 4.06. The normalized spacial score (nSPS) is 15.7. The molecule has 1 fully saturated rings. The highest BCUT2D eigenvalue weighted by Gasteiger charge is 2.13. The maximum Gasteiger partial charge on any atom is 0.225 e. The Morgan fingerprint density at radius 3 is 2.81 bits per heavy atom. The molecule has 0 aliphatic heterocycles. The summed E-state index contributed by atoms with van der Waals surface area (Å²) >= 11 is 5.94. The highest BCUT2D eigenvalue weighted by atomic mass is 35.5. The van der Waals surface area contributed by atoms with E-state index in [0.717, 1.165) is 0 Å². The van der Waals surface area contributed by atoms with Crippen LogP contribution in [0.2, 0.25) is 5.02 Å². The van der Waals surface area contributed by atoms with Crippen LogP contribution in [0.4, 0.5) is 5.69 Å². The number of rotatable bonds is 6. The van der Waals surface area contributed by atoms with Gasteiger partial charge in [-0.3, -0.25) is 4.79 Å².